The monoisotopic (exact) mass is 312 g/mol. The molecule has 0 spiro atoms. The van der Waals surface area contributed by atoms with Crippen LogP contribution in [0.4, 0.5) is 0 Å². The standard InChI is InChI=1S/C8H7Br2ClO/c9-6-2-1-3-7(10)8(6)12-5-4-11/h1-3H,4-5H2. The SMILES string of the molecule is ClCCOc1c(Br)cccc1Br. The molecule has 0 aliphatic carbocycles. The molecule has 0 amide bonds. The Bertz CT molecular complexity index is 245. The second-order valence-corrected chi connectivity index (χ2v) is 4.17. The van der Waals surface area contributed by atoms with Crippen LogP contribution in [-0.2, 0) is 0 Å². The molecule has 66 valence electrons. The Morgan fingerprint density at radius 3 is 2.33 bits per heavy atom. The second-order valence-electron chi connectivity index (χ2n) is 2.09. The first-order chi connectivity index (χ1) is 5.75. The molecule has 0 fully saturated rings. The summed E-state index contributed by atoms with van der Waals surface area (Å²) in [7, 11) is 0. The van der Waals surface area contributed by atoms with Gasteiger partial charge in [-0.25, -0.2) is 0 Å². The Morgan fingerprint density at radius 2 is 1.83 bits per heavy atom. The molecule has 1 rings (SSSR count). The molecule has 0 N–H and O–H groups in total. The fourth-order valence-corrected chi connectivity index (χ4v) is 2.07. The van der Waals surface area contributed by atoms with Gasteiger partial charge in [-0.1, -0.05) is 6.07 Å². The fraction of sp³-hybridized carbons (Fsp3) is 0.250. The first kappa shape index (κ1) is 10.4. The highest BCUT2D eigenvalue weighted by molar-refractivity contribution is 9.11. The van der Waals surface area contributed by atoms with Crippen molar-refractivity contribution in [2.24, 2.45) is 0 Å². The maximum Gasteiger partial charge on any atom is 0.147 e. The number of halogens is 3. The summed E-state index contributed by atoms with van der Waals surface area (Å²) in [4.78, 5) is 0. The Kier molecular flexibility index (Phi) is 4.40. The quantitative estimate of drug-likeness (QED) is 0.771. The van der Waals surface area contributed by atoms with Crippen LogP contribution in [0.3, 0.4) is 0 Å². The molecule has 0 saturated heterocycles. The molecule has 0 atom stereocenters. The Balaban J connectivity index is 2.81. The average molecular weight is 314 g/mol. The molecule has 1 aromatic rings. The summed E-state index contributed by atoms with van der Waals surface area (Å²) in [5.41, 5.74) is 0. The summed E-state index contributed by atoms with van der Waals surface area (Å²) < 4.78 is 7.26. The minimum Gasteiger partial charge on any atom is -0.490 e. The number of rotatable bonds is 3. The summed E-state index contributed by atoms with van der Waals surface area (Å²) in [5.74, 6) is 1.30. The number of hydrogen-bond donors (Lipinski definition) is 0. The van der Waals surface area contributed by atoms with Gasteiger partial charge in [0, 0.05) is 0 Å². The predicted octanol–water partition coefficient (Wildman–Crippen LogP) is 3.83. The second kappa shape index (κ2) is 5.10. The van der Waals surface area contributed by atoms with E-state index in [-0.39, 0.29) is 0 Å². The van der Waals surface area contributed by atoms with Crippen molar-refractivity contribution < 1.29 is 4.74 Å². The van der Waals surface area contributed by atoms with Gasteiger partial charge < -0.3 is 4.74 Å². The molecule has 1 aromatic carbocycles. The topological polar surface area (TPSA) is 9.23 Å². The van der Waals surface area contributed by atoms with Crippen LogP contribution >= 0.6 is 43.5 Å². The van der Waals surface area contributed by atoms with E-state index < -0.39 is 0 Å². The number of hydrogen-bond acceptors (Lipinski definition) is 1. The van der Waals surface area contributed by atoms with E-state index in [0.717, 1.165) is 14.7 Å². The molecule has 12 heavy (non-hydrogen) atoms. The molecule has 0 aromatic heterocycles. The van der Waals surface area contributed by atoms with Crippen molar-refractivity contribution in [2.45, 2.75) is 0 Å². The Labute approximate surface area is 93.3 Å². The third kappa shape index (κ3) is 2.64. The first-order valence-corrected chi connectivity index (χ1v) is 5.50. The minimum absolute atomic E-state index is 0.494. The number of ether oxygens (including phenoxy) is 1. The van der Waals surface area contributed by atoms with Gasteiger partial charge in [0.15, 0.2) is 0 Å². The summed E-state index contributed by atoms with van der Waals surface area (Å²) in [5, 5.41) is 0. The van der Waals surface area contributed by atoms with Crippen LogP contribution in [0.1, 0.15) is 0 Å². The normalized spacial score (nSPS) is 9.92. The number of alkyl halides is 1. The van der Waals surface area contributed by atoms with E-state index in [9.17, 15) is 0 Å². The van der Waals surface area contributed by atoms with E-state index >= 15 is 0 Å². The van der Waals surface area contributed by atoms with E-state index in [1.54, 1.807) is 0 Å². The Hall–Kier alpha value is 0.270. The molecular weight excluding hydrogens is 307 g/mol. The van der Waals surface area contributed by atoms with Crippen molar-refractivity contribution in [2.75, 3.05) is 12.5 Å². The van der Waals surface area contributed by atoms with Crippen molar-refractivity contribution in [1.82, 2.24) is 0 Å². The van der Waals surface area contributed by atoms with Crippen molar-refractivity contribution in [3.05, 3.63) is 27.1 Å². The van der Waals surface area contributed by atoms with Gasteiger partial charge in [-0.05, 0) is 44.0 Å². The predicted molar refractivity (Wildman–Crippen MR) is 58.1 cm³/mol. The lowest BCUT2D eigenvalue weighted by Crippen LogP contribution is -1.99. The van der Waals surface area contributed by atoms with Crippen LogP contribution in [0.5, 0.6) is 5.75 Å². The van der Waals surface area contributed by atoms with E-state index in [2.05, 4.69) is 31.9 Å². The molecule has 0 bridgehead atoms. The van der Waals surface area contributed by atoms with Crippen LogP contribution in [0.25, 0.3) is 0 Å². The third-order valence-electron chi connectivity index (χ3n) is 1.24. The van der Waals surface area contributed by atoms with Crippen LogP contribution in [0.15, 0.2) is 27.1 Å². The van der Waals surface area contributed by atoms with Gasteiger partial charge in [-0.15, -0.1) is 11.6 Å². The lowest BCUT2D eigenvalue weighted by Gasteiger charge is -2.07. The Morgan fingerprint density at radius 1 is 1.25 bits per heavy atom. The molecular formula is C8H7Br2ClO. The van der Waals surface area contributed by atoms with Crippen LogP contribution in [-0.4, -0.2) is 12.5 Å². The molecule has 0 saturated carbocycles. The minimum atomic E-state index is 0.494. The maximum atomic E-state index is 5.50. The zero-order valence-electron chi connectivity index (χ0n) is 6.19. The molecule has 4 heteroatoms. The molecule has 0 heterocycles. The number of benzene rings is 1. The molecule has 0 radical (unpaired) electrons. The summed E-state index contributed by atoms with van der Waals surface area (Å²) in [6, 6.07) is 5.78. The molecule has 1 nitrogen and oxygen atoms in total. The highest BCUT2D eigenvalue weighted by Gasteiger charge is 2.04. The summed E-state index contributed by atoms with van der Waals surface area (Å²) >= 11 is 12.3. The molecule has 0 unspecified atom stereocenters. The first-order valence-electron chi connectivity index (χ1n) is 3.38. The van der Waals surface area contributed by atoms with Crippen LogP contribution < -0.4 is 4.74 Å². The zero-order chi connectivity index (χ0) is 8.97. The van der Waals surface area contributed by atoms with Crippen molar-refractivity contribution in [3.8, 4) is 5.75 Å². The van der Waals surface area contributed by atoms with E-state index in [1.807, 2.05) is 18.2 Å². The molecule has 0 aliphatic rings. The highest BCUT2D eigenvalue weighted by atomic mass is 79.9. The maximum absolute atomic E-state index is 5.50. The zero-order valence-corrected chi connectivity index (χ0v) is 10.1. The lowest BCUT2D eigenvalue weighted by molar-refractivity contribution is 0.338. The van der Waals surface area contributed by atoms with E-state index in [1.165, 1.54) is 0 Å². The van der Waals surface area contributed by atoms with Gasteiger partial charge in [0.2, 0.25) is 0 Å². The van der Waals surface area contributed by atoms with E-state index in [0.29, 0.717) is 12.5 Å². The number of para-hydroxylation sites is 1. The fourth-order valence-electron chi connectivity index (χ4n) is 0.761. The van der Waals surface area contributed by atoms with Crippen molar-refractivity contribution in [3.63, 3.8) is 0 Å². The largest absolute Gasteiger partial charge is 0.490 e. The smallest absolute Gasteiger partial charge is 0.147 e. The van der Waals surface area contributed by atoms with Gasteiger partial charge in [0.25, 0.3) is 0 Å². The average Bonchev–Trinajstić information content (AvgIpc) is 2.04. The van der Waals surface area contributed by atoms with Gasteiger partial charge >= 0.3 is 0 Å². The van der Waals surface area contributed by atoms with Gasteiger partial charge in [-0.2, -0.15) is 0 Å². The van der Waals surface area contributed by atoms with Gasteiger partial charge in [0.05, 0.1) is 14.8 Å². The summed E-state index contributed by atoms with van der Waals surface area (Å²) in [6.45, 7) is 0.517. The van der Waals surface area contributed by atoms with Crippen molar-refractivity contribution >= 4 is 43.5 Å². The van der Waals surface area contributed by atoms with Gasteiger partial charge in [0.1, 0.15) is 12.4 Å². The van der Waals surface area contributed by atoms with Crippen LogP contribution in [0, 0.1) is 0 Å². The van der Waals surface area contributed by atoms with Gasteiger partial charge in [-0.3, -0.25) is 0 Å². The highest BCUT2D eigenvalue weighted by Crippen LogP contribution is 2.32. The van der Waals surface area contributed by atoms with Crippen LogP contribution in [0.2, 0.25) is 0 Å². The lowest BCUT2D eigenvalue weighted by atomic mass is 10.3. The third-order valence-corrected chi connectivity index (χ3v) is 2.65. The van der Waals surface area contributed by atoms with Crippen molar-refractivity contribution in [1.29, 1.82) is 0 Å². The summed E-state index contributed by atoms with van der Waals surface area (Å²) in [6.07, 6.45) is 0. The molecule has 0 aliphatic heterocycles. The van der Waals surface area contributed by atoms with E-state index in [4.69, 9.17) is 16.3 Å².